The predicted octanol–water partition coefficient (Wildman–Crippen LogP) is 0.0983. The number of amides is 1. The predicted molar refractivity (Wildman–Crippen MR) is 57.7 cm³/mol. The number of nitrogens with two attached hydrogens (primary N) is 1. The lowest BCUT2D eigenvalue weighted by Crippen LogP contribution is -2.48. The second-order valence-corrected chi connectivity index (χ2v) is 6.32. The quantitative estimate of drug-likeness (QED) is 0.726. The van der Waals surface area contributed by atoms with Gasteiger partial charge in [-0.05, 0) is 19.8 Å². The van der Waals surface area contributed by atoms with Crippen molar-refractivity contribution in [2.45, 2.75) is 25.8 Å². The highest BCUT2D eigenvalue weighted by molar-refractivity contribution is 7.90. The molecule has 88 valence electrons. The number of rotatable bonds is 3. The summed E-state index contributed by atoms with van der Waals surface area (Å²) in [4.78, 5) is 11.0. The molecular formula is C8H15ClN2O3S. The van der Waals surface area contributed by atoms with Crippen molar-refractivity contribution >= 4 is 27.5 Å². The molecule has 2 N–H and O–H groups in total. The second-order valence-electron chi connectivity index (χ2n) is 3.82. The highest BCUT2D eigenvalue weighted by Crippen LogP contribution is 2.24. The van der Waals surface area contributed by atoms with E-state index in [2.05, 4.69) is 0 Å². The minimum atomic E-state index is -3.45. The summed E-state index contributed by atoms with van der Waals surface area (Å²) in [6.07, 6.45) is 1.29. The largest absolute Gasteiger partial charge is 0.369 e. The van der Waals surface area contributed by atoms with E-state index in [0.717, 1.165) is 0 Å². The SMILES string of the molecule is CC1CCC(C(N)=O)CN1S(=O)(=O)CCl. The van der Waals surface area contributed by atoms with E-state index in [1.165, 1.54) is 4.31 Å². The van der Waals surface area contributed by atoms with Crippen LogP contribution in [0.15, 0.2) is 0 Å². The molecule has 2 unspecified atom stereocenters. The Morgan fingerprint density at radius 1 is 1.53 bits per heavy atom. The molecule has 7 heteroatoms. The Balaban J connectivity index is 2.83. The van der Waals surface area contributed by atoms with E-state index in [4.69, 9.17) is 17.3 Å². The molecule has 0 aromatic heterocycles. The lowest BCUT2D eigenvalue weighted by atomic mass is 9.95. The summed E-state index contributed by atoms with van der Waals surface area (Å²) in [5.41, 5.74) is 5.17. The highest BCUT2D eigenvalue weighted by Gasteiger charge is 2.35. The van der Waals surface area contributed by atoms with Gasteiger partial charge in [0.1, 0.15) is 5.21 Å². The fraction of sp³-hybridized carbons (Fsp3) is 0.875. The van der Waals surface area contributed by atoms with Crippen LogP contribution in [-0.4, -0.2) is 36.4 Å². The molecule has 0 spiro atoms. The average molecular weight is 255 g/mol. The maximum Gasteiger partial charge on any atom is 0.228 e. The van der Waals surface area contributed by atoms with E-state index in [-0.39, 0.29) is 18.5 Å². The molecule has 1 heterocycles. The molecule has 0 aromatic carbocycles. The van der Waals surface area contributed by atoms with Gasteiger partial charge in [0.15, 0.2) is 0 Å². The molecule has 0 aliphatic carbocycles. The van der Waals surface area contributed by atoms with Crippen molar-refractivity contribution < 1.29 is 13.2 Å². The molecule has 1 aliphatic heterocycles. The summed E-state index contributed by atoms with van der Waals surface area (Å²) in [5.74, 6) is -0.837. The van der Waals surface area contributed by atoms with E-state index in [1.54, 1.807) is 6.92 Å². The topological polar surface area (TPSA) is 80.5 Å². The number of primary amides is 1. The van der Waals surface area contributed by atoms with E-state index in [1.807, 2.05) is 0 Å². The number of carbonyl (C=O) groups is 1. The molecule has 0 aromatic rings. The van der Waals surface area contributed by atoms with Crippen LogP contribution in [0.4, 0.5) is 0 Å². The van der Waals surface area contributed by atoms with Gasteiger partial charge in [-0.25, -0.2) is 8.42 Å². The van der Waals surface area contributed by atoms with Crippen LogP contribution in [0.25, 0.3) is 0 Å². The third kappa shape index (κ3) is 2.83. The van der Waals surface area contributed by atoms with Gasteiger partial charge in [0.2, 0.25) is 15.9 Å². The zero-order valence-electron chi connectivity index (χ0n) is 8.52. The van der Waals surface area contributed by atoms with Gasteiger partial charge in [-0.15, -0.1) is 11.6 Å². The monoisotopic (exact) mass is 254 g/mol. The standard InChI is InChI=1S/C8H15ClN2O3S/c1-6-2-3-7(8(10)12)4-11(6)15(13,14)5-9/h6-7H,2-5H2,1H3,(H2,10,12). The summed E-state index contributed by atoms with van der Waals surface area (Å²) in [6.45, 7) is 1.97. The van der Waals surface area contributed by atoms with Crippen molar-refractivity contribution in [3.63, 3.8) is 0 Å². The molecule has 0 bridgehead atoms. The van der Waals surface area contributed by atoms with Gasteiger partial charge < -0.3 is 5.73 Å². The third-order valence-electron chi connectivity index (χ3n) is 2.72. The molecule has 1 fully saturated rings. The van der Waals surface area contributed by atoms with Crippen LogP contribution in [0, 0.1) is 5.92 Å². The fourth-order valence-corrected chi connectivity index (χ4v) is 3.32. The van der Waals surface area contributed by atoms with Crippen LogP contribution in [-0.2, 0) is 14.8 Å². The molecule has 15 heavy (non-hydrogen) atoms. The third-order valence-corrected chi connectivity index (χ3v) is 5.05. The van der Waals surface area contributed by atoms with E-state index >= 15 is 0 Å². The van der Waals surface area contributed by atoms with Gasteiger partial charge in [0.25, 0.3) is 0 Å². The maximum absolute atomic E-state index is 11.6. The van der Waals surface area contributed by atoms with Gasteiger partial charge in [-0.3, -0.25) is 4.79 Å². The first-order valence-electron chi connectivity index (χ1n) is 4.73. The number of hydrogen-bond acceptors (Lipinski definition) is 3. The number of halogens is 1. The molecule has 1 amide bonds. The Bertz CT molecular complexity index is 344. The Kier molecular flexibility index (Phi) is 3.97. The Morgan fingerprint density at radius 3 is 2.60 bits per heavy atom. The van der Waals surface area contributed by atoms with Gasteiger partial charge in [0.05, 0.1) is 5.92 Å². The lowest BCUT2D eigenvalue weighted by Gasteiger charge is -2.35. The van der Waals surface area contributed by atoms with Gasteiger partial charge in [0, 0.05) is 12.6 Å². The number of carbonyl (C=O) groups excluding carboxylic acids is 1. The van der Waals surface area contributed by atoms with Crippen LogP contribution in [0.2, 0.25) is 0 Å². The average Bonchev–Trinajstić information content (AvgIpc) is 2.17. The van der Waals surface area contributed by atoms with Crippen molar-refractivity contribution in [2.75, 3.05) is 11.8 Å². The summed E-state index contributed by atoms with van der Waals surface area (Å²) in [7, 11) is -3.45. The molecule has 0 radical (unpaired) electrons. The molecule has 1 aliphatic rings. The smallest absolute Gasteiger partial charge is 0.228 e. The zero-order valence-corrected chi connectivity index (χ0v) is 10.1. The summed E-state index contributed by atoms with van der Waals surface area (Å²) in [6, 6.07) is -0.107. The lowest BCUT2D eigenvalue weighted by molar-refractivity contribution is -0.123. The first kappa shape index (κ1) is 12.7. The van der Waals surface area contributed by atoms with Gasteiger partial charge in [-0.1, -0.05) is 0 Å². The number of hydrogen-bond donors (Lipinski definition) is 1. The van der Waals surface area contributed by atoms with E-state index in [9.17, 15) is 13.2 Å². The summed E-state index contributed by atoms with van der Waals surface area (Å²) < 4.78 is 24.4. The maximum atomic E-state index is 11.6. The minimum absolute atomic E-state index is 0.107. The van der Waals surface area contributed by atoms with Crippen molar-refractivity contribution in [1.29, 1.82) is 0 Å². The van der Waals surface area contributed by atoms with Crippen LogP contribution in [0.5, 0.6) is 0 Å². The fourth-order valence-electron chi connectivity index (χ4n) is 1.76. The van der Waals surface area contributed by atoms with E-state index in [0.29, 0.717) is 12.8 Å². The Morgan fingerprint density at radius 2 is 2.13 bits per heavy atom. The highest BCUT2D eigenvalue weighted by atomic mass is 35.5. The van der Waals surface area contributed by atoms with Crippen molar-refractivity contribution in [3.05, 3.63) is 0 Å². The molecule has 5 nitrogen and oxygen atoms in total. The normalized spacial score (nSPS) is 28.9. The first-order chi connectivity index (χ1) is 6.88. The summed E-state index contributed by atoms with van der Waals surface area (Å²) >= 11 is 5.37. The van der Waals surface area contributed by atoms with Crippen LogP contribution < -0.4 is 5.73 Å². The number of nitrogens with zero attached hydrogens (tertiary/aromatic N) is 1. The van der Waals surface area contributed by atoms with E-state index < -0.39 is 21.1 Å². The number of piperidine rings is 1. The van der Waals surface area contributed by atoms with Crippen molar-refractivity contribution in [1.82, 2.24) is 4.31 Å². The number of sulfonamides is 1. The van der Waals surface area contributed by atoms with Crippen LogP contribution in [0.1, 0.15) is 19.8 Å². The molecule has 1 saturated heterocycles. The molecule has 0 saturated carbocycles. The zero-order chi connectivity index (χ0) is 11.6. The van der Waals surface area contributed by atoms with Crippen molar-refractivity contribution in [3.8, 4) is 0 Å². The Labute approximate surface area is 94.6 Å². The van der Waals surface area contributed by atoms with Gasteiger partial charge >= 0.3 is 0 Å². The Hall–Kier alpha value is -0.330. The van der Waals surface area contributed by atoms with Crippen molar-refractivity contribution in [2.24, 2.45) is 11.7 Å². The molecule has 2 atom stereocenters. The minimum Gasteiger partial charge on any atom is -0.369 e. The second kappa shape index (κ2) is 4.67. The number of alkyl halides is 1. The first-order valence-corrected chi connectivity index (χ1v) is 6.87. The van der Waals surface area contributed by atoms with Crippen LogP contribution >= 0.6 is 11.6 Å². The van der Waals surface area contributed by atoms with Gasteiger partial charge in [-0.2, -0.15) is 4.31 Å². The molecule has 1 rings (SSSR count). The van der Waals surface area contributed by atoms with Crippen LogP contribution in [0.3, 0.4) is 0 Å². The molecular weight excluding hydrogens is 240 g/mol. The summed E-state index contributed by atoms with van der Waals surface area (Å²) in [5, 5.41) is -0.456.